The van der Waals surface area contributed by atoms with Gasteiger partial charge in [-0.15, -0.1) is 0 Å². The van der Waals surface area contributed by atoms with Gasteiger partial charge in [0.2, 0.25) is 0 Å². The quantitative estimate of drug-likeness (QED) is 0.455. The van der Waals surface area contributed by atoms with Crippen LogP contribution in [0.2, 0.25) is 0 Å². The van der Waals surface area contributed by atoms with E-state index in [1.165, 1.54) is 48.9 Å². The summed E-state index contributed by atoms with van der Waals surface area (Å²) in [6.45, 7) is 4.60. The van der Waals surface area contributed by atoms with Crippen molar-refractivity contribution < 1.29 is 0 Å². The van der Waals surface area contributed by atoms with Gasteiger partial charge in [-0.05, 0) is 56.1 Å². The van der Waals surface area contributed by atoms with Gasteiger partial charge in [-0.3, -0.25) is 0 Å². The molecular weight excluding hydrogens is 358 g/mol. The summed E-state index contributed by atoms with van der Waals surface area (Å²) in [4.78, 5) is 15.1. The minimum atomic E-state index is 0.888. The molecule has 0 radical (unpaired) electrons. The van der Waals surface area contributed by atoms with E-state index in [9.17, 15) is 0 Å². The summed E-state index contributed by atoms with van der Waals surface area (Å²) in [5.41, 5.74) is 4.40. The molecule has 5 heteroatoms. The lowest BCUT2D eigenvalue weighted by molar-refractivity contribution is 0.228. The van der Waals surface area contributed by atoms with Crippen LogP contribution in [0.3, 0.4) is 0 Å². The summed E-state index contributed by atoms with van der Waals surface area (Å²) in [5.74, 6) is 0.923. The molecule has 5 rings (SSSR count). The number of rotatable bonds is 6. The van der Waals surface area contributed by atoms with Gasteiger partial charge in [-0.25, -0.2) is 9.97 Å². The van der Waals surface area contributed by atoms with Crippen molar-refractivity contribution in [2.24, 2.45) is 0 Å². The fraction of sp³-hybridized carbons (Fsp3) is 0.333. The molecule has 4 aromatic rings. The third-order valence-corrected chi connectivity index (χ3v) is 5.89. The zero-order valence-electron chi connectivity index (χ0n) is 16.7. The molecule has 0 spiro atoms. The van der Waals surface area contributed by atoms with Gasteiger partial charge in [0, 0.05) is 17.4 Å². The largest absolute Gasteiger partial charge is 0.369 e. The lowest BCUT2D eigenvalue weighted by atomic mass is 10.0. The Kier molecular flexibility index (Phi) is 5.13. The fourth-order valence-electron chi connectivity index (χ4n) is 4.37. The third kappa shape index (κ3) is 3.83. The Bertz CT molecular complexity index is 1100. The molecule has 1 saturated heterocycles. The average Bonchev–Trinajstić information content (AvgIpc) is 3.16. The van der Waals surface area contributed by atoms with Crippen molar-refractivity contribution in [2.75, 3.05) is 31.5 Å². The zero-order valence-corrected chi connectivity index (χ0v) is 16.7. The standard InChI is InChI=1S/C24H27N5/c1-3-8-18(9-4-1)19-10-11-20-21(16-19)28-24-22(20)23(26-17-27-24)25-12-7-15-29-13-5-2-6-14-29/h1,3-4,8-11,16-17H,2,5-7,12-15H2,(H2,25,26,27,28). The summed E-state index contributed by atoms with van der Waals surface area (Å²) >= 11 is 0. The van der Waals surface area contributed by atoms with Crippen molar-refractivity contribution in [1.29, 1.82) is 0 Å². The summed E-state index contributed by atoms with van der Waals surface area (Å²) < 4.78 is 0. The van der Waals surface area contributed by atoms with Crippen LogP contribution < -0.4 is 5.32 Å². The maximum Gasteiger partial charge on any atom is 0.143 e. The lowest BCUT2D eigenvalue weighted by Gasteiger charge is -2.26. The number of hydrogen-bond donors (Lipinski definition) is 2. The summed E-state index contributed by atoms with van der Waals surface area (Å²) in [6.07, 6.45) is 6.86. The van der Waals surface area contributed by atoms with Gasteiger partial charge in [0.15, 0.2) is 0 Å². The third-order valence-electron chi connectivity index (χ3n) is 5.89. The predicted octanol–water partition coefficient (Wildman–Crippen LogP) is 5.07. The number of anilines is 1. The van der Waals surface area contributed by atoms with E-state index in [4.69, 9.17) is 0 Å². The van der Waals surface area contributed by atoms with E-state index < -0.39 is 0 Å². The van der Waals surface area contributed by atoms with E-state index in [1.807, 2.05) is 6.07 Å². The Labute approximate surface area is 171 Å². The van der Waals surface area contributed by atoms with E-state index in [-0.39, 0.29) is 0 Å². The second-order valence-corrected chi connectivity index (χ2v) is 7.88. The number of hydrogen-bond acceptors (Lipinski definition) is 4. The van der Waals surface area contributed by atoms with Crippen LogP contribution in [-0.4, -0.2) is 46.0 Å². The predicted molar refractivity (Wildman–Crippen MR) is 120 cm³/mol. The van der Waals surface area contributed by atoms with Crippen LogP contribution in [0.25, 0.3) is 33.1 Å². The molecule has 0 bridgehead atoms. The van der Waals surface area contributed by atoms with Gasteiger partial charge in [0.05, 0.1) is 5.39 Å². The molecule has 0 amide bonds. The van der Waals surface area contributed by atoms with Crippen LogP contribution in [0.4, 0.5) is 5.82 Å². The Balaban J connectivity index is 1.36. The molecule has 2 N–H and O–H groups in total. The van der Waals surface area contributed by atoms with Crippen molar-refractivity contribution >= 4 is 27.8 Å². The number of nitrogens with zero attached hydrogens (tertiary/aromatic N) is 3. The first-order valence-corrected chi connectivity index (χ1v) is 10.7. The number of aromatic nitrogens is 3. The monoisotopic (exact) mass is 385 g/mol. The van der Waals surface area contributed by atoms with Crippen molar-refractivity contribution in [2.45, 2.75) is 25.7 Å². The number of likely N-dealkylation sites (tertiary alicyclic amines) is 1. The molecular formula is C24H27N5. The maximum atomic E-state index is 4.54. The first-order chi connectivity index (χ1) is 14.4. The van der Waals surface area contributed by atoms with E-state index in [1.54, 1.807) is 6.33 Å². The van der Waals surface area contributed by atoms with Gasteiger partial charge in [0.25, 0.3) is 0 Å². The van der Waals surface area contributed by atoms with Crippen LogP contribution in [-0.2, 0) is 0 Å². The summed E-state index contributed by atoms with van der Waals surface area (Å²) in [6, 6.07) is 17.0. The first kappa shape index (κ1) is 18.1. The molecule has 0 aliphatic carbocycles. The zero-order chi connectivity index (χ0) is 19.5. The molecule has 148 valence electrons. The van der Waals surface area contributed by atoms with Crippen molar-refractivity contribution in [3.05, 3.63) is 54.9 Å². The molecule has 0 atom stereocenters. The Morgan fingerprint density at radius 2 is 1.79 bits per heavy atom. The maximum absolute atomic E-state index is 4.54. The minimum absolute atomic E-state index is 0.888. The highest BCUT2D eigenvalue weighted by atomic mass is 15.1. The molecule has 2 aromatic carbocycles. The first-order valence-electron chi connectivity index (χ1n) is 10.7. The van der Waals surface area contributed by atoms with Gasteiger partial charge in [-0.1, -0.05) is 48.9 Å². The highest BCUT2D eigenvalue weighted by Crippen LogP contribution is 2.32. The van der Waals surface area contributed by atoms with Crippen molar-refractivity contribution in [3.8, 4) is 11.1 Å². The number of aromatic amines is 1. The molecule has 1 fully saturated rings. The Morgan fingerprint density at radius 1 is 0.931 bits per heavy atom. The fourth-order valence-corrected chi connectivity index (χ4v) is 4.37. The highest BCUT2D eigenvalue weighted by Gasteiger charge is 2.13. The van der Waals surface area contributed by atoms with Crippen molar-refractivity contribution in [1.82, 2.24) is 19.9 Å². The van der Waals surface area contributed by atoms with E-state index in [2.05, 4.69) is 67.6 Å². The van der Waals surface area contributed by atoms with Crippen LogP contribution in [0.1, 0.15) is 25.7 Å². The molecule has 0 unspecified atom stereocenters. The van der Waals surface area contributed by atoms with Crippen LogP contribution in [0.15, 0.2) is 54.9 Å². The number of nitrogens with one attached hydrogen (secondary N) is 2. The van der Waals surface area contributed by atoms with Crippen molar-refractivity contribution in [3.63, 3.8) is 0 Å². The van der Waals surface area contributed by atoms with Crippen LogP contribution in [0, 0.1) is 0 Å². The van der Waals surface area contributed by atoms with Gasteiger partial charge < -0.3 is 15.2 Å². The molecule has 29 heavy (non-hydrogen) atoms. The van der Waals surface area contributed by atoms with E-state index >= 15 is 0 Å². The number of benzene rings is 2. The molecule has 1 aliphatic rings. The number of H-pyrrole nitrogens is 1. The van der Waals surface area contributed by atoms with Gasteiger partial charge >= 0.3 is 0 Å². The van der Waals surface area contributed by atoms with E-state index in [0.717, 1.165) is 41.9 Å². The second-order valence-electron chi connectivity index (χ2n) is 7.88. The summed E-state index contributed by atoms with van der Waals surface area (Å²) in [7, 11) is 0. The normalized spacial score (nSPS) is 15.2. The topological polar surface area (TPSA) is 56.8 Å². The highest BCUT2D eigenvalue weighted by molar-refractivity contribution is 6.11. The van der Waals surface area contributed by atoms with Gasteiger partial charge in [0.1, 0.15) is 17.8 Å². The molecule has 1 aliphatic heterocycles. The number of fused-ring (bicyclic) bond motifs is 3. The second kappa shape index (κ2) is 8.21. The summed E-state index contributed by atoms with van der Waals surface area (Å²) in [5, 5.41) is 5.80. The average molecular weight is 386 g/mol. The Hall–Kier alpha value is -2.92. The SMILES string of the molecule is c1ccc(-c2ccc3c(c2)[nH]c2ncnc(NCCCN4CCCCC4)c23)cc1. The van der Waals surface area contributed by atoms with Crippen LogP contribution >= 0.6 is 0 Å². The molecule has 2 aromatic heterocycles. The number of piperidine rings is 1. The lowest BCUT2D eigenvalue weighted by Crippen LogP contribution is -2.31. The van der Waals surface area contributed by atoms with Gasteiger partial charge in [-0.2, -0.15) is 0 Å². The smallest absolute Gasteiger partial charge is 0.143 e. The van der Waals surface area contributed by atoms with E-state index in [0.29, 0.717) is 0 Å². The minimum Gasteiger partial charge on any atom is -0.369 e. The molecule has 5 nitrogen and oxygen atoms in total. The van der Waals surface area contributed by atoms with Crippen LogP contribution in [0.5, 0.6) is 0 Å². The Morgan fingerprint density at radius 3 is 2.66 bits per heavy atom. The molecule has 3 heterocycles. The molecule has 0 saturated carbocycles.